The summed E-state index contributed by atoms with van der Waals surface area (Å²) >= 11 is 0. The lowest BCUT2D eigenvalue weighted by Crippen LogP contribution is -2.48. The number of carbonyl (C=O) groups is 3. The summed E-state index contributed by atoms with van der Waals surface area (Å²) in [4.78, 5) is 38.4. The maximum absolute atomic E-state index is 12.9. The summed E-state index contributed by atoms with van der Waals surface area (Å²) < 4.78 is 5.36. The van der Waals surface area contributed by atoms with E-state index in [1.54, 1.807) is 24.3 Å². The molecule has 0 spiro atoms. The molecule has 2 aliphatic rings. The number of hydrogen-bond acceptors (Lipinski definition) is 4. The molecular formula is C21H28N2O5. The Morgan fingerprint density at radius 3 is 2.64 bits per heavy atom. The topological polar surface area (TPSA) is 95.9 Å². The number of nitrogens with one attached hydrogen (secondary N) is 1. The molecule has 2 aliphatic heterocycles. The van der Waals surface area contributed by atoms with Gasteiger partial charge in [-0.15, -0.1) is 0 Å². The average molecular weight is 388 g/mol. The Morgan fingerprint density at radius 2 is 1.93 bits per heavy atom. The number of rotatable bonds is 5. The van der Waals surface area contributed by atoms with E-state index in [0.29, 0.717) is 43.3 Å². The summed E-state index contributed by atoms with van der Waals surface area (Å²) in [5.41, 5.74) is 0.948. The van der Waals surface area contributed by atoms with E-state index in [4.69, 9.17) is 4.74 Å². The summed E-state index contributed by atoms with van der Waals surface area (Å²) in [5, 5.41) is 12.3. The molecule has 2 amide bonds. The number of amides is 2. The van der Waals surface area contributed by atoms with Gasteiger partial charge in [-0.2, -0.15) is 0 Å². The monoisotopic (exact) mass is 388 g/mol. The third kappa shape index (κ3) is 4.70. The molecule has 0 aliphatic carbocycles. The fourth-order valence-electron chi connectivity index (χ4n) is 4.01. The Kier molecular flexibility index (Phi) is 6.67. The smallest absolute Gasteiger partial charge is 0.326 e. The zero-order valence-electron chi connectivity index (χ0n) is 16.2. The van der Waals surface area contributed by atoms with Gasteiger partial charge >= 0.3 is 5.97 Å². The molecule has 2 unspecified atom stereocenters. The molecule has 0 saturated carbocycles. The van der Waals surface area contributed by atoms with E-state index < -0.39 is 12.0 Å². The number of carboxylic acids is 1. The zero-order chi connectivity index (χ0) is 20.1. The lowest BCUT2D eigenvalue weighted by molar-refractivity contribution is -0.143. The van der Waals surface area contributed by atoms with Crippen LogP contribution in [-0.2, 0) is 14.3 Å². The van der Waals surface area contributed by atoms with Crippen molar-refractivity contribution in [1.29, 1.82) is 0 Å². The molecule has 2 heterocycles. The van der Waals surface area contributed by atoms with Crippen LogP contribution in [0.15, 0.2) is 24.3 Å². The van der Waals surface area contributed by atoms with Crippen LogP contribution in [0.5, 0.6) is 0 Å². The van der Waals surface area contributed by atoms with Gasteiger partial charge in [0.2, 0.25) is 5.91 Å². The van der Waals surface area contributed by atoms with Gasteiger partial charge in [0, 0.05) is 36.9 Å². The van der Waals surface area contributed by atoms with E-state index >= 15 is 0 Å². The second-order valence-corrected chi connectivity index (χ2v) is 7.66. The van der Waals surface area contributed by atoms with E-state index in [1.807, 2.05) is 6.92 Å². The fraction of sp³-hybridized carbons (Fsp3) is 0.571. The first-order chi connectivity index (χ1) is 13.5. The molecule has 0 aromatic heterocycles. The maximum atomic E-state index is 12.9. The third-order valence-corrected chi connectivity index (χ3v) is 5.81. The summed E-state index contributed by atoms with van der Waals surface area (Å²) in [6, 6.07) is 5.96. The normalized spacial score (nSPS) is 21.8. The molecule has 2 saturated heterocycles. The molecule has 7 nitrogen and oxygen atoms in total. The number of carbonyl (C=O) groups excluding carboxylic acids is 2. The first kappa shape index (κ1) is 20.3. The summed E-state index contributed by atoms with van der Waals surface area (Å²) in [5.74, 6) is -1.19. The van der Waals surface area contributed by atoms with Crippen molar-refractivity contribution in [2.24, 2.45) is 11.8 Å². The minimum absolute atomic E-state index is 0.0714. The van der Waals surface area contributed by atoms with Gasteiger partial charge in [-0.25, -0.2) is 4.79 Å². The number of carboxylic acid groups (broad SMARTS) is 1. The summed E-state index contributed by atoms with van der Waals surface area (Å²) in [7, 11) is 0. The van der Waals surface area contributed by atoms with E-state index in [1.165, 1.54) is 4.90 Å². The largest absolute Gasteiger partial charge is 0.480 e. The second-order valence-electron chi connectivity index (χ2n) is 7.66. The van der Waals surface area contributed by atoms with Crippen LogP contribution in [0.2, 0.25) is 0 Å². The molecule has 0 bridgehead atoms. The van der Waals surface area contributed by atoms with Crippen molar-refractivity contribution in [2.75, 3.05) is 25.1 Å². The number of anilines is 1. The number of likely N-dealkylation sites (tertiary alicyclic amines) is 1. The van der Waals surface area contributed by atoms with Crippen LogP contribution in [0.1, 0.15) is 49.4 Å². The Morgan fingerprint density at radius 1 is 1.18 bits per heavy atom. The van der Waals surface area contributed by atoms with Gasteiger partial charge in [-0.05, 0) is 56.2 Å². The Labute approximate surface area is 165 Å². The second kappa shape index (κ2) is 9.19. The van der Waals surface area contributed by atoms with Crippen LogP contribution < -0.4 is 5.32 Å². The molecule has 2 fully saturated rings. The molecule has 3 rings (SSSR count). The fourth-order valence-corrected chi connectivity index (χ4v) is 4.01. The molecule has 28 heavy (non-hydrogen) atoms. The average Bonchev–Trinajstić information content (AvgIpc) is 2.73. The minimum atomic E-state index is -0.970. The van der Waals surface area contributed by atoms with Crippen molar-refractivity contribution in [2.45, 2.75) is 45.1 Å². The van der Waals surface area contributed by atoms with E-state index in [0.717, 1.165) is 25.7 Å². The van der Waals surface area contributed by atoms with Crippen LogP contribution in [-0.4, -0.2) is 53.6 Å². The van der Waals surface area contributed by atoms with Crippen LogP contribution in [0, 0.1) is 11.8 Å². The number of ether oxygens (including phenoxy) is 1. The highest BCUT2D eigenvalue weighted by Gasteiger charge is 2.32. The third-order valence-electron chi connectivity index (χ3n) is 5.81. The first-order valence-electron chi connectivity index (χ1n) is 10.00. The molecule has 0 radical (unpaired) electrons. The number of nitrogens with zero attached hydrogens (tertiary/aromatic N) is 1. The number of hydrogen-bond donors (Lipinski definition) is 2. The highest BCUT2D eigenvalue weighted by molar-refractivity contribution is 5.99. The molecule has 1 aromatic carbocycles. The Balaban J connectivity index is 1.68. The first-order valence-corrected chi connectivity index (χ1v) is 10.00. The maximum Gasteiger partial charge on any atom is 0.326 e. The van der Waals surface area contributed by atoms with Gasteiger partial charge < -0.3 is 20.1 Å². The lowest BCUT2D eigenvalue weighted by atomic mass is 9.86. The van der Waals surface area contributed by atoms with E-state index in [9.17, 15) is 19.5 Å². The number of benzene rings is 1. The van der Waals surface area contributed by atoms with Gasteiger partial charge in [-0.3, -0.25) is 9.59 Å². The summed E-state index contributed by atoms with van der Waals surface area (Å²) in [6.07, 6.45) is 3.83. The highest BCUT2D eigenvalue weighted by Crippen LogP contribution is 2.25. The predicted molar refractivity (Wildman–Crippen MR) is 104 cm³/mol. The van der Waals surface area contributed by atoms with Gasteiger partial charge in [0.15, 0.2) is 0 Å². The van der Waals surface area contributed by atoms with Gasteiger partial charge in [-0.1, -0.05) is 13.0 Å². The minimum Gasteiger partial charge on any atom is -0.480 e. The van der Waals surface area contributed by atoms with Crippen molar-refractivity contribution in [3.63, 3.8) is 0 Å². The van der Waals surface area contributed by atoms with Crippen molar-refractivity contribution in [3.05, 3.63) is 29.8 Å². The predicted octanol–water partition coefficient (Wildman–Crippen LogP) is 2.77. The molecule has 2 N–H and O–H groups in total. The number of piperidine rings is 1. The van der Waals surface area contributed by atoms with E-state index in [2.05, 4.69) is 5.32 Å². The molecule has 1 aromatic rings. The van der Waals surface area contributed by atoms with Gasteiger partial charge in [0.05, 0.1) is 0 Å². The van der Waals surface area contributed by atoms with Gasteiger partial charge in [0.1, 0.15) is 6.04 Å². The SMILES string of the molecule is CC(C(=O)Nc1cccc(C(=O)N2CCCCC2C(=O)O)c1)C1CCOCC1. The molecular weight excluding hydrogens is 360 g/mol. The van der Waals surface area contributed by atoms with Crippen molar-refractivity contribution in [1.82, 2.24) is 4.90 Å². The zero-order valence-corrected chi connectivity index (χ0v) is 16.2. The molecule has 7 heteroatoms. The van der Waals surface area contributed by atoms with Crippen LogP contribution in [0.4, 0.5) is 5.69 Å². The van der Waals surface area contributed by atoms with Crippen molar-refractivity contribution < 1.29 is 24.2 Å². The standard InChI is InChI=1S/C21H28N2O5/c1-14(15-8-11-28-12-9-15)19(24)22-17-6-4-5-16(13-17)20(25)23-10-3-2-7-18(23)21(26)27/h4-6,13-15,18H,2-3,7-12H2,1H3,(H,22,24)(H,26,27). The van der Waals surface area contributed by atoms with Crippen LogP contribution in [0.25, 0.3) is 0 Å². The molecule has 2 atom stereocenters. The van der Waals surface area contributed by atoms with Crippen LogP contribution >= 0.6 is 0 Å². The Hall–Kier alpha value is -2.41. The van der Waals surface area contributed by atoms with Crippen molar-refractivity contribution >= 4 is 23.5 Å². The lowest BCUT2D eigenvalue weighted by Gasteiger charge is -2.33. The summed E-state index contributed by atoms with van der Waals surface area (Å²) in [6.45, 7) is 3.73. The molecule has 152 valence electrons. The highest BCUT2D eigenvalue weighted by atomic mass is 16.5. The number of aliphatic carboxylic acids is 1. The Bertz CT molecular complexity index is 729. The van der Waals surface area contributed by atoms with E-state index in [-0.39, 0.29) is 17.7 Å². The quantitative estimate of drug-likeness (QED) is 0.809. The van der Waals surface area contributed by atoms with Gasteiger partial charge in [0.25, 0.3) is 5.91 Å². The van der Waals surface area contributed by atoms with Crippen LogP contribution in [0.3, 0.4) is 0 Å². The van der Waals surface area contributed by atoms with Crippen molar-refractivity contribution in [3.8, 4) is 0 Å².